The summed E-state index contributed by atoms with van der Waals surface area (Å²) in [5.41, 5.74) is 4.86. The SMILES string of the molecule is Nc1ncc(Cl)nc1C(=O)O. The fraction of sp³-hybridized carbons (Fsp3) is 0. The Labute approximate surface area is 66.8 Å². The summed E-state index contributed by atoms with van der Waals surface area (Å²) in [5, 5.41) is 8.46. The second kappa shape index (κ2) is 2.71. The van der Waals surface area contributed by atoms with Crippen molar-refractivity contribution in [3.8, 4) is 0 Å². The molecule has 0 aromatic carbocycles. The Morgan fingerprint density at radius 2 is 2.36 bits per heavy atom. The molecule has 1 rings (SSSR count). The van der Waals surface area contributed by atoms with Gasteiger partial charge in [-0.2, -0.15) is 0 Å². The van der Waals surface area contributed by atoms with Crippen LogP contribution in [0.2, 0.25) is 5.15 Å². The summed E-state index contributed by atoms with van der Waals surface area (Å²) in [6.45, 7) is 0. The summed E-state index contributed by atoms with van der Waals surface area (Å²) in [5.74, 6) is -1.38. The molecule has 0 amide bonds. The average molecular weight is 174 g/mol. The molecule has 0 spiro atoms. The summed E-state index contributed by atoms with van der Waals surface area (Å²) in [6, 6.07) is 0. The molecule has 0 saturated heterocycles. The number of hydrogen-bond acceptors (Lipinski definition) is 4. The lowest BCUT2D eigenvalue weighted by Gasteiger charge is -1.96. The quantitative estimate of drug-likeness (QED) is 0.642. The summed E-state index contributed by atoms with van der Waals surface area (Å²) in [7, 11) is 0. The van der Waals surface area contributed by atoms with E-state index in [0.29, 0.717) is 0 Å². The van der Waals surface area contributed by atoms with Gasteiger partial charge in [0.2, 0.25) is 0 Å². The zero-order valence-corrected chi connectivity index (χ0v) is 6.04. The monoisotopic (exact) mass is 173 g/mol. The number of rotatable bonds is 1. The molecule has 58 valence electrons. The first-order valence-electron chi connectivity index (χ1n) is 2.62. The third-order valence-corrected chi connectivity index (χ3v) is 1.16. The lowest BCUT2D eigenvalue weighted by atomic mass is 10.4. The Morgan fingerprint density at radius 3 is 2.82 bits per heavy atom. The van der Waals surface area contributed by atoms with Crippen LogP contribution in [0.1, 0.15) is 10.5 Å². The van der Waals surface area contributed by atoms with Crippen molar-refractivity contribution >= 4 is 23.4 Å². The molecule has 0 unspecified atom stereocenters. The first kappa shape index (κ1) is 7.74. The third-order valence-electron chi connectivity index (χ3n) is 0.974. The molecule has 0 bridgehead atoms. The fourth-order valence-electron chi connectivity index (χ4n) is 0.534. The smallest absolute Gasteiger partial charge is 0.358 e. The Balaban J connectivity index is 3.23. The number of nitrogens with zero attached hydrogens (tertiary/aromatic N) is 2. The highest BCUT2D eigenvalue weighted by molar-refractivity contribution is 6.29. The van der Waals surface area contributed by atoms with E-state index in [2.05, 4.69) is 9.97 Å². The van der Waals surface area contributed by atoms with Crippen molar-refractivity contribution in [1.82, 2.24) is 9.97 Å². The number of carboxylic acid groups (broad SMARTS) is 1. The van der Waals surface area contributed by atoms with Crippen molar-refractivity contribution < 1.29 is 9.90 Å². The molecule has 0 aliphatic carbocycles. The van der Waals surface area contributed by atoms with Crippen LogP contribution in [0.3, 0.4) is 0 Å². The van der Waals surface area contributed by atoms with Gasteiger partial charge < -0.3 is 10.8 Å². The zero-order valence-electron chi connectivity index (χ0n) is 5.28. The van der Waals surface area contributed by atoms with E-state index >= 15 is 0 Å². The molecule has 0 fully saturated rings. The van der Waals surface area contributed by atoms with Crippen LogP contribution in [0.5, 0.6) is 0 Å². The summed E-state index contributed by atoms with van der Waals surface area (Å²) >= 11 is 5.37. The van der Waals surface area contributed by atoms with Gasteiger partial charge in [-0.15, -0.1) is 0 Å². The van der Waals surface area contributed by atoms with Crippen molar-refractivity contribution in [2.24, 2.45) is 0 Å². The highest BCUT2D eigenvalue weighted by Gasteiger charge is 2.10. The van der Waals surface area contributed by atoms with E-state index in [1.807, 2.05) is 0 Å². The standard InChI is InChI=1S/C5H4ClN3O2/c6-2-1-8-4(7)3(9-2)5(10)11/h1H,(H2,7,8)(H,10,11). The normalized spacial score (nSPS) is 9.55. The van der Waals surface area contributed by atoms with Gasteiger partial charge >= 0.3 is 5.97 Å². The molecule has 0 radical (unpaired) electrons. The topological polar surface area (TPSA) is 89.1 Å². The first-order chi connectivity index (χ1) is 5.11. The molecule has 1 aromatic heterocycles. The van der Waals surface area contributed by atoms with Crippen LogP contribution in [0.4, 0.5) is 5.82 Å². The van der Waals surface area contributed by atoms with E-state index in [4.69, 9.17) is 22.4 Å². The van der Waals surface area contributed by atoms with E-state index in [-0.39, 0.29) is 16.7 Å². The molecule has 1 aromatic rings. The predicted molar refractivity (Wildman–Crippen MR) is 38.4 cm³/mol. The largest absolute Gasteiger partial charge is 0.476 e. The lowest BCUT2D eigenvalue weighted by Crippen LogP contribution is -2.07. The van der Waals surface area contributed by atoms with Crippen LogP contribution < -0.4 is 5.73 Å². The summed E-state index contributed by atoms with van der Waals surface area (Å²) in [6.07, 6.45) is 1.18. The second-order valence-corrected chi connectivity index (χ2v) is 2.12. The number of hydrogen-bond donors (Lipinski definition) is 2. The number of nitrogen functional groups attached to an aromatic ring is 1. The molecule has 1 heterocycles. The number of nitrogens with two attached hydrogens (primary N) is 1. The number of anilines is 1. The predicted octanol–water partition coefficient (Wildman–Crippen LogP) is 0.410. The van der Waals surface area contributed by atoms with Gasteiger partial charge in [-0.3, -0.25) is 0 Å². The van der Waals surface area contributed by atoms with Gasteiger partial charge in [-0.1, -0.05) is 11.6 Å². The maximum atomic E-state index is 10.3. The molecule has 6 heteroatoms. The van der Waals surface area contributed by atoms with Gasteiger partial charge in [0.25, 0.3) is 0 Å². The third kappa shape index (κ3) is 1.56. The minimum atomic E-state index is -1.24. The van der Waals surface area contributed by atoms with Gasteiger partial charge in [0.15, 0.2) is 11.5 Å². The van der Waals surface area contributed by atoms with Gasteiger partial charge in [0.1, 0.15) is 5.15 Å². The molecule has 3 N–H and O–H groups in total. The van der Waals surface area contributed by atoms with Crippen LogP contribution in [0, 0.1) is 0 Å². The number of carboxylic acids is 1. The Bertz CT molecular complexity index is 302. The molecule has 5 nitrogen and oxygen atoms in total. The van der Waals surface area contributed by atoms with E-state index in [0.717, 1.165) is 0 Å². The lowest BCUT2D eigenvalue weighted by molar-refractivity contribution is 0.0691. The Kier molecular flexibility index (Phi) is 1.91. The molecule has 0 aliphatic heterocycles. The highest BCUT2D eigenvalue weighted by atomic mass is 35.5. The summed E-state index contributed by atoms with van der Waals surface area (Å²) in [4.78, 5) is 17.3. The molecule has 0 aliphatic rings. The number of halogens is 1. The van der Waals surface area contributed by atoms with Crippen LogP contribution >= 0.6 is 11.6 Å². The average Bonchev–Trinajstić information content (AvgIpc) is 1.94. The number of carbonyl (C=O) groups is 1. The number of aromatic carboxylic acids is 1. The molecule has 0 atom stereocenters. The maximum Gasteiger partial charge on any atom is 0.358 e. The zero-order chi connectivity index (χ0) is 8.43. The van der Waals surface area contributed by atoms with Crippen molar-refractivity contribution in [3.05, 3.63) is 17.0 Å². The molecule has 11 heavy (non-hydrogen) atoms. The van der Waals surface area contributed by atoms with Crippen molar-refractivity contribution in [2.75, 3.05) is 5.73 Å². The van der Waals surface area contributed by atoms with Gasteiger partial charge in [-0.05, 0) is 0 Å². The second-order valence-electron chi connectivity index (χ2n) is 1.73. The Morgan fingerprint density at radius 1 is 1.73 bits per heavy atom. The van der Waals surface area contributed by atoms with Crippen LogP contribution in [-0.2, 0) is 0 Å². The van der Waals surface area contributed by atoms with Crippen LogP contribution in [0.25, 0.3) is 0 Å². The van der Waals surface area contributed by atoms with Crippen molar-refractivity contribution in [1.29, 1.82) is 0 Å². The minimum Gasteiger partial charge on any atom is -0.476 e. The van der Waals surface area contributed by atoms with E-state index in [1.54, 1.807) is 0 Å². The van der Waals surface area contributed by atoms with E-state index in [1.165, 1.54) is 6.20 Å². The Hall–Kier alpha value is -1.36. The maximum absolute atomic E-state index is 10.3. The number of aromatic nitrogens is 2. The first-order valence-corrected chi connectivity index (χ1v) is 3.00. The van der Waals surface area contributed by atoms with Crippen LogP contribution in [0.15, 0.2) is 6.20 Å². The van der Waals surface area contributed by atoms with Gasteiger partial charge in [0, 0.05) is 0 Å². The van der Waals surface area contributed by atoms with Crippen LogP contribution in [-0.4, -0.2) is 21.0 Å². The minimum absolute atomic E-state index is 0.0107. The fourth-order valence-corrected chi connectivity index (χ4v) is 0.668. The van der Waals surface area contributed by atoms with Crippen molar-refractivity contribution in [3.63, 3.8) is 0 Å². The highest BCUT2D eigenvalue weighted by Crippen LogP contribution is 2.08. The molecular weight excluding hydrogens is 170 g/mol. The molecule has 0 saturated carbocycles. The molecular formula is C5H4ClN3O2. The van der Waals surface area contributed by atoms with Gasteiger partial charge in [-0.25, -0.2) is 14.8 Å². The summed E-state index contributed by atoms with van der Waals surface area (Å²) < 4.78 is 0. The van der Waals surface area contributed by atoms with Gasteiger partial charge in [0.05, 0.1) is 6.20 Å². The van der Waals surface area contributed by atoms with E-state index in [9.17, 15) is 4.79 Å². The van der Waals surface area contributed by atoms with Crippen molar-refractivity contribution in [2.45, 2.75) is 0 Å². The van der Waals surface area contributed by atoms with E-state index < -0.39 is 5.97 Å².